The number of nitrogen functional groups attached to an aromatic ring is 1. The Morgan fingerprint density at radius 3 is 2.28 bits per heavy atom. The van der Waals surface area contributed by atoms with E-state index < -0.39 is 0 Å². The molecule has 0 unspecified atom stereocenters. The summed E-state index contributed by atoms with van der Waals surface area (Å²) < 4.78 is 0. The van der Waals surface area contributed by atoms with Crippen LogP contribution in [0.1, 0.15) is 22.3 Å². The zero-order valence-corrected chi connectivity index (χ0v) is 11.0. The van der Waals surface area contributed by atoms with Crippen molar-refractivity contribution in [1.82, 2.24) is 5.32 Å². The van der Waals surface area contributed by atoms with Crippen LogP contribution in [-0.4, -0.2) is 0 Å². The fraction of sp³-hybridized carbons (Fsp3) is 0.250. The average Bonchev–Trinajstić information content (AvgIpc) is 2.34. The Balaban J connectivity index is 1.90. The Hall–Kier alpha value is -1.80. The topological polar surface area (TPSA) is 38.0 Å². The van der Waals surface area contributed by atoms with Gasteiger partial charge in [-0.15, -0.1) is 0 Å². The highest BCUT2D eigenvalue weighted by atomic mass is 14.8. The third kappa shape index (κ3) is 3.34. The third-order valence-corrected chi connectivity index (χ3v) is 3.18. The smallest absolute Gasteiger partial charge is 0.0317 e. The number of hydrogen-bond donors (Lipinski definition) is 2. The van der Waals surface area contributed by atoms with Gasteiger partial charge in [0.2, 0.25) is 0 Å². The average molecular weight is 240 g/mol. The summed E-state index contributed by atoms with van der Waals surface area (Å²) in [4.78, 5) is 0. The largest absolute Gasteiger partial charge is 0.399 e. The van der Waals surface area contributed by atoms with Gasteiger partial charge in [0, 0.05) is 18.8 Å². The normalized spacial score (nSPS) is 10.6. The molecule has 0 bridgehead atoms. The van der Waals surface area contributed by atoms with E-state index in [1.54, 1.807) is 0 Å². The quantitative estimate of drug-likeness (QED) is 0.806. The van der Waals surface area contributed by atoms with Crippen molar-refractivity contribution in [1.29, 1.82) is 0 Å². The van der Waals surface area contributed by atoms with Gasteiger partial charge in [0.05, 0.1) is 0 Å². The maximum absolute atomic E-state index is 5.75. The van der Waals surface area contributed by atoms with E-state index in [9.17, 15) is 0 Å². The summed E-state index contributed by atoms with van der Waals surface area (Å²) in [5, 5.41) is 3.44. The van der Waals surface area contributed by atoms with E-state index in [1.165, 1.54) is 22.3 Å². The van der Waals surface area contributed by atoms with Crippen molar-refractivity contribution in [3.63, 3.8) is 0 Å². The number of aryl methyl sites for hydroxylation is 2. The van der Waals surface area contributed by atoms with Gasteiger partial charge < -0.3 is 11.1 Å². The van der Waals surface area contributed by atoms with E-state index in [2.05, 4.69) is 43.4 Å². The lowest BCUT2D eigenvalue weighted by Gasteiger charge is -2.08. The molecule has 0 radical (unpaired) electrons. The molecule has 94 valence electrons. The first-order valence-corrected chi connectivity index (χ1v) is 6.26. The van der Waals surface area contributed by atoms with Gasteiger partial charge >= 0.3 is 0 Å². The molecule has 2 heteroatoms. The minimum absolute atomic E-state index is 0.820. The van der Waals surface area contributed by atoms with Gasteiger partial charge in [-0.05, 0) is 48.2 Å². The summed E-state index contributed by atoms with van der Waals surface area (Å²) in [6, 6.07) is 14.6. The minimum Gasteiger partial charge on any atom is -0.399 e. The molecule has 0 atom stereocenters. The maximum Gasteiger partial charge on any atom is 0.0317 e. The zero-order valence-electron chi connectivity index (χ0n) is 11.0. The summed E-state index contributed by atoms with van der Waals surface area (Å²) in [6.07, 6.45) is 0. The first kappa shape index (κ1) is 12.7. The molecule has 2 nitrogen and oxygen atoms in total. The van der Waals surface area contributed by atoms with Crippen LogP contribution in [0.2, 0.25) is 0 Å². The highest BCUT2D eigenvalue weighted by molar-refractivity contribution is 5.40. The van der Waals surface area contributed by atoms with Crippen molar-refractivity contribution in [3.8, 4) is 0 Å². The Morgan fingerprint density at radius 1 is 0.889 bits per heavy atom. The van der Waals surface area contributed by atoms with E-state index in [0.29, 0.717) is 0 Å². The van der Waals surface area contributed by atoms with Gasteiger partial charge in [-0.1, -0.05) is 30.3 Å². The number of nitrogens with one attached hydrogen (secondary N) is 1. The first-order valence-electron chi connectivity index (χ1n) is 6.26. The molecule has 0 heterocycles. The van der Waals surface area contributed by atoms with Crippen LogP contribution in [0.5, 0.6) is 0 Å². The molecule has 0 saturated carbocycles. The van der Waals surface area contributed by atoms with Crippen LogP contribution in [0.25, 0.3) is 0 Å². The SMILES string of the molecule is Cc1ccc(CNCc2cccc(N)c2)cc1C. The van der Waals surface area contributed by atoms with Crippen molar-refractivity contribution in [2.45, 2.75) is 26.9 Å². The van der Waals surface area contributed by atoms with E-state index >= 15 is 0 Å². The van der Waals surface area contributed by atoms with Crippen molar-refractivity contribution in [2.75, 3.05) is 5.73 Å². The Kier molecular flexibility index (Phi) is 4.00. The van der Waals surface area contributed by atoms with E-state index in [1.807, 2.05) is 18.2 Å². The molecule has 0 aliphatic heterocycles. The second-order valence-corrected chi connectivity index (χ2v) is 4.77. The number of anilines is 1. The summed E-state index contributed by atoms with van der Waals surface area (Å²) in [6.45, 7) is 6.02. The summed E-state index contributed by atoms with van der Waals surface area (Å²) >= 11 is 0. The summed E-state index contributed by atoms with van der Waals surface area (Å²) in [7, 11) is 0. The molecule has 0 aliphatic carbocycles. The first-order chi connectivity index (χ1) is 8.65. The molecule has 0 saturated heterocycles. The van der Waals surface area contributed by atoms with Crippen LogP contribution in [0, 0.1) is 13.8 Å². The van der Waals surface area contributed by atoms with Crippen LogP contribution in [0.4, 0.5) is 5.69 Å². The van der Waals surface area contributed by atoms with Gasteiger partial charge in [-0.2, -0.15) is 0 Å². The molecule has 0 aliphatic rings. The van der Waals surface area contributed by atoms with Crippen LogP contribution in [0.15, 0.2) is 42.5 Å². The van der Waals surface area contributed by atoms with Gasteiger partial charge in [0.15, 0.2) is 0 Å². The molecule has 0 aromatic heterocycles. The number of rotatable bonds is 4. The van der Waals surface area contributed by atoms with Gasteiger partial charge in [-0.3, -0.25) is 0 Å². The van der Waals surface area contributed by atoms with Gasteiger partial charge in [0.25, 0.3) is 0 Å². The molecular formula is C16H20N2. The van der Waals surface area contributed by atoms with E-state index in [0.717, 1.165) is 18.8 Å². The molecule has 0 spiro atoms. The Labute approximate surface area is 109 Å². The molecule has 3 N–H and O–H groups in total. The highest BCUT2D eigenvalue weighted by Gasteiger charge is 1.97. The molecular weight excluding hydrogens is 220 g/mol. The number of benzene rings is 2. The number of nitrogens with two attached hydrogens (primary N) is 1. The van der Waals surface area contributed by atoms with Crippen LogP contribution in [-0.2, 0) is 13.1 Å². The van der Waals surface area contributed by atoms with Gasteiger partial charge in [-0.25, -0.2) is 0 Å². The van der Waals surface area contributed by atoms with E-state index in [-0.39, 0.29) is 0 Å². The summed E-state index contributed by atoms with van der Waals surface area (Å²) in [5.74, 6) is 0. The lowest BCUT2D eigenvalue weighted by Crippen LogP contribution is -2.12. The monoisotopic (exact) mass is 240 g/mol. The predicted octanol–water partition coefficient (Wildman–Crippen LogP) is 3.18. The molecule has 2 aromatic rings. The van der Waals surface area contributed by atoms with Crippen molar-refractivity contribution < 1.29 is 0 Å². The van der Waals surface area contributed by atoms with Crippen LogP contribution >= 0.6 is 0 Å². The molecule has 18 heavy (non-hydrogen) atoms. The fourth-order valence-corrected chi connectivity index (χ4v) is 1.97. The van der Waals surface area contributed by atoms with Crippen LogP contribution < -0.4 is 11.1 Å². The Bertz CT molecular complexity index is 532. The second-order valence-electron chi connectivity index (χ2n) is 4.77. The molecule has 0 fully saturated rings. The lowest BCUT2D eigenvalue weighted by atomic mass is 10.1. The van der Waals surface area contributed by atoms with Crippen molar-refractivity contribution >= 4 is 5.69 Å². The van der Waals surface area contributed by atoms with Gasteiger partial charge in [0.1, 0.15) is 0 Å². The standard InChI is InChI=1S/C16H20N2/c1-12-6-7-15(8-13(12)2)11-18-10-14-4-3-5-16(17)9-14/h3-9,18H,10-11,17H2,1-2H3. The fourth-order valence-electron chi connectivity index (χ4n) is 1.97. The molecule has 2 rings (SSSR count). The minimum atomic E-state index is 0.820. The predicted molar refractivity (Wildman–Crippen MR) is 77.3 cm³/mol. The second kappa shape index (κ2) is 5.69. The zero-order chi connectivity index (χ0) is 13.0. The lowest BCUT2D eigenvalue weighted by molar-refractivity contribution is 0.693. The highest BCUT2D eigenvalue weighted by Crippen LogP contribution is 2.10. The molecule has 0 amide bonds. The van der Waals surface area contributed by atoms with Crippen molar-refractivity contribution in [3.05, 3.63) is 64.7 Å². The maximum atomic E-state index is 5.75. The molecule has 2 aromatic carbocycles. The summed E-state index contributed by atoms with van der Waals surface area (Å²) in [5.41, 5.74) is 11.8. The Morgan fingerprint density at radius 2 is 1.61 bits per heavy atom. The van der Waals surface area contributed by atoms with E-state index in [4.69, 9.17) is 5.73 Å². The third-order valence-electron chi connectivity index (χ3n) is 3.18. The van der Waals surface area contributed by atoms with Crippen molar-refractivity contribution in [2.24, 2.45) is 0 Å². The van der Waals surface area contributed by atoms with Crippen LogP contribution in [0.3, 0.4) is 0 Å². The number of hydrogen-bond acceptors (Lipinski definition) is 2.